The van der Waals surface area contributed by atoms with Crippen LogP contribution in [0.1, 0.15) is 0 Å². The molecule has 0 unspecified atom stereocenters. The molecule has 0 aliphatic carbocycles. The predicted molar refractivity (Wildman–Crippen MR) is 227 cm³/mol. The third kappa shape index (κ3) is 4.71. The summed E-state index contributed by atoms with van der Waals surface area (Å²) in [6.45, 7) is 0. The Labute approximate surface area is 310 Å². The number of hydrogen-bond donors (Lipinski definition) is 0. The van der Waals surface area contributed by atoms with Crippen molar-refractivity contribution in [1.82, 2.24) is 0 Å². The molecule has 0 fully saturated rings. The van der Waals surface area contributed by atoms with Gasteiger partial charge in [-0.1, -0.05) is 146 Å². The first-order chi connectivity index (χ1) is 26.3. The molecule has 11 rings (SSSR count). The van der Waals surface area contributed by atoms with E-state index in [9.17, 15) is 0 Å². The quantitative estimate of drug-likeness (QED) is 0.167. The molecule has 248 valence electrons. The molecule has 0 aliphatic rings. The van der Waals surface area contributed by atoms with E-state index in [0.29, 0.717) is 0 Å². The molecular formula is C50H31NOS. The number of hydrogen-bond acceptors (Lipinski definition) is 3. The van der Waals surface area contributed by atoms with Crippen molar-refractivity contribution in [2.24, 2.45) is 0 Å². The predicted octanol–water partition coefficient (Wildman–Crippen LogP) is 15.1. The zero-order valence-electron chi connectivity index (χ0n) is 28.7. The van der Waals surface area contributed by atoms with Crippen LogP contribution in [0.4, 0.5) is 17.1 Å². The first-order valence-corrected chi connectivity index (χ1v) is 18.8. The van der Waals surface area contributed by atoms with E-state index in [1.54, 1.807) is 0 Å². The van der Waals surface area contributed by atoms with Crippen molar-refractivity contribution in [3.05, 3.63) is 188 Å². The Bertz CT molecular complexity index is 3190. The molecule has 0 saturated carbocycles. The fraction of sp³-hybridized carbons (Fsp3) is 0. The molecule has 2 nitrogen and oxygen atoms in total. The molecule has 53 heavy (non-hydrogen) atoms. The number of para-hydroxylation sites is 1. The highest BCUT2D eigenvalue weighted by Crippen LogP contribution is 2.51. The second-order valence-electron chi connectivity index (χ2n) is 13.6. The van der Waals surface area contributed by atoms with Gasteiger partial charge >= 0.3 is 0 Å². The average Bonchev–Trinajstić information content (AvgIpc) is 3.80. The lowest BCUT2D eigenvalue weighted by molar-refractivity contribution is 0.669. The Morgan fingerprint density at radius 1 is 0.377 bits per heavy atom. The zero-order valence-corrected chi connectivity index (χ0v) is 29.5. The Morgan fingerprint density at radius 3 is 1.83 bits per heavy atom. The summed E-state index contributed by atoms with van der Waals surface area (Å²) in [5, 5.41) is 9.70. The summed E-state index contributed by atoms with van der Waals surface area (Å²) in [6, 6.07) is 68.1. The first kappa shape index (κ1) is 30.0. The third-order valence-corrected chi connectivity index (χ3v) is 11.8. The molecule has 3 heteroatoms. The van der Waals surface area contributed by atoms with Gasteiger partial charge in [-0.15, -0.1) is 11.3 Å². The fourth-order valence-electron chi connectivity index (χ4n) is 8.30. The maximum atomic E-state index is 6.34. The number of furan rings is 1. The molecule has 0 N–H and O–H groups in total. The van der Waals surface area contributed by atoms with Crippen LogP contribution < -0.4 is 4.90 Å². The normalized spacial score (nSPS) is 11.8. The van der Waals surface area contributed by atoms with Crippen LogP contribution in [-0.4, -0.2) is 0 Å². The maximum Gasteiger partial charge on any atom is 0.135 e. The molecule has 0 aliphatic heterocycles. The Balaban J connectivity index is 1.25. The van der Waals surface area contributed by atoms with Gasteiger partial charge in [-0.3, -0.25) is 0 Å². The lowest BCUT2D eigenvalue weighted by Gasteiger charge is -2.31. The monoisotopic (exact) mass is 693 g/mol. The lowest BCUT2D eigenvalue weighted by atomic mass is 9.90. The maximum absolute atomic E-state index is 6.34. The minimum absolute atomic E-state index is 0.881. The van der Waals surface area contributed by atoms with Gasteiger partial charge in [0, 0.05) is 53.3 Å². The lowest BCUT2D eigenvalue weighted by Crippen LogP contribution is -2.12. The smallest absolute Gasteiger partial charge is 0.135 e. The molecule has 0 spiro atoms. The molecule has 0 amide bonds. The minimum atomic E-state index is 0.881. The summed E-state index contributed by atoms with van der Waals surface area (Å²) in [5.41, 5.74) is 9.89. The van der Waals surface area contributed by atoms with Crippen LogP contribution in [0.5, 0.6) is 0 Å². The number of anilines is 3. The molecule has 2 heterocycles. The molecule has 11 aromatic rings. The van der Waals surface area contributed by atoms with Crippen molar-refractivity contribution in [2.45, 2.75) is 0 Å². The van der Waals surface area contributed by atoms with E-state index < -0.39 is 0 Å². The zero-order chi connectivity index (χ0) is 34.9. The molecule has 9 aromatic carbocycles. The Morgan fingerprint density at radius 2 is 0.981 bits per heavy atom. The number of rotatable bonds is 5. The van der Waals surface area contributed by atoms with E-state index in [0.717, 1.165) is 39.0 Å². The molecule has 0 radical (unpaired) electrons. The summed E-state index contributed by atoms with van der Waals surface area (Å²) < 4.78 is 8.96. The average molecular weight is 694 g/mol. The van der Waals surface area contributed by atoms with E-state index in [1.165, 1.54) is 64.0 Å². The molecule has 2 aromatic heterocycles. The number of thiophene rings is 1. The van der Waals surface area contributed by atoms with Crippen molar-refractivity contribution in [2.75, 3.05) is 4.90 Å². The van der Waals surface area contributed by atoms with Crippen molar-refractivity contribution in [3.8, 4) is 22.3 Å². The summed E-state index contributed by atoms with van der Waals surface area (Å²) in [4.78, 5) is 2.48. The van der Waals surface area contributed by atoms with Gasteiger partial charge < -0.3 is 9.32 Å². The van der Waals surface area contributed by atoms with Gasteiger partial charge in [0.15, 0.2) is 0 Å². The van der Waals surface area contributed by atoms with E-state index in [2.05, 4.69) is 187 Å². The van der Waals surface area contributed by atoms with Crippen molar-refractivity contribution < 1.29 is 4.42 Å². The van der Waals surface area contributed by atoms with Gasteiger partial charge in [0.05, 0.1) is 5.69 Å². The van der Waals surface area contributed by atoms with Gasteiger partial charge in [0.1, 0.15) is 11.2 Å². The van der Waals surface area contributed by atoms with Crippen LogP contribution >= 0.6 is 11.3 Å². The van der Waals surface area contributed by atoms with Crippen LogP contribution in [0, 0.1) is 0 Å². The summed E-state index contributed by atoms with van der Waals surface area (Å²) in [7, 11) is 0. The van der Waals surface area contributed by atoms with Crippen molar-refractivity contribution in [3.63, 3.8) is 0 Å². The molecule has 0 atom stereocenters. The number of fused-ring (bicyclic) bond motifs is 9. The Kier molecular flexibility index (Phi) is 6.76. The second kappa shape index (κ2) is 11.9. The molecular weight excluding hydrogens is 663 g/mol. The van der Waals surface area contributed by atoms with E-state index >= 15 is 0 Å². The summed E-state index contributed by atoms with van der Waals surface area (Å²) in [6.07, 6.45) is 0. The van der Waals surface area contributed by atoms with Crippen LogP contribution in [0.2, 0.25) is 0 Å². The van der Waals surface area contributed by atoms with E-state index in [-0.39, 0.29) is 0 Å². The summed E-state index contributed by atoms with van der Waals surface area (Å²) in [5.74, 6) is 0. The van der Waals surface area contributed by atoms with Crippen LogP contribution in [-0.2, 0) is 0 Å². The first-order valence-electron chi connectivity index (χ1n) is 18.0. The number of nitrogens with zero attached hydrogens (tertiary/aromatic N) is 1. The van der Waals surface area contributed by atoms with Gasteiger partial charge in [-0.05, 0) is 75.3 Å². The largest absolute Gasteiger partial charge is 0.456 e. The summed E-state index contributed by atoms with van der Waals surface area (Å²) >= 11 is 1.87. The SMILES string of the molecule is c1ccc(-c2c(N(c3cccc(-c4cccc5c4sc4ccccc45)c3)c3ccc4oc5ccccc5c4c3)c3ccccc3c3ccccc23)cc1. The highest BCUT2D eigenvalue weighted by atomic mass is 32.1. The number of benzene rings is 9. The highest BCUT2D eigenvalue weighted by molar-refractivity contribution is 7.26. The topological polar surface area (TPSA) is 16.4 Å². The second-order valence-corrected chi connectivity index (χ2v) is 14.7. The van der Waals surface area contributed by atoms with E-state index in [1.807, 2.05) is 17.4 Å². The van der Waals surface area contributed by atoms with Gasteiger partial charge in [-0.25, -0.2) is 0 Å². The Hall–Kier alpha value is -6.68. The van der Waals surface area contributed by atoms with Crippen LogP contribution in [0.15, 0.2) is 192 Å². The van der Waals surface area contributed by atoms with Crippen LogP contribution in [0.25, 0.3) is 85.9 Å². The van der Waals surface area contributed by atoms with Gasteiger partial charge in [0.25, 0.3) is 0 Å². The molecule has 0 saturated heterocycles. The minimum Gasteiger partial charge on any atom is -0.456 e. The van der Waals surface area contributed by atoms with Crippen LogP contribution in [0.3, 0.4) is 0 Å². The van der Waals surface area contributed by atoms with Crippen molar-refractivity contribution >= 4 is 92.1 Å². The van der Waals surface area contributed by atoms with E-state index in [4.69, 9.17) is 4.42 Å². The third-order valence-electron chi connectivity index (χ3n) is 10.6. The van der Waals surface area contributed by atoms with Crippen molar-refractivity contribution in [1.29, 1.82) is 0 Å². The van der Waals surface area contributed by atoms with Gasteiger partial charge in [-0.2, -0.15) is 0 Å². The standard InChI is InChI=1S/C50H31NOS/c1-2-14-32(15-3-1)48-41-22-6-4-18-37(41)38-19-5-7-23-42(38)49(48)51(35-28-29-46-44(31-35)39-20-8-10-26-45(39)52-46)34-17-12-16-33(30-34)36-24-13-25-43-40-21-9-11-27-47(40)53-50(36)43/h1-31H. The highest BCUT2D eigenvalue weighted by Gasteiger charge is 2.25. The molecule has 0 bridgehead atoms. The van der Waals surface area contributed by atoms with Gasteiger partial charge in [0.2, 0.25) is 0 Å². The fourth-order valence-corrected chi connectivity index (χ4v) is 9.54.